The summed E-state index contributed by atoms with van der Waals surface area (Å²) in [6, 6.07) is 26.4. The van der Waals surface area contributed by atoms with Crippen LogP contribution in [-0.2, 0) is 9.53 Å². The first kappa shape index (κ1) is 24.8. The van der Waals surface area contributed by atoms with Gasteiger partial charge in [-0.15, -0.1) is 0 Å². The topological polar surface area (TPSA) is 54.8 Å². The molecule has 0 amide bonds. The van der Waals surface area contributed by atoms with Gasteiger partial charge in [-0.25, -0.2) is 14.4 Å². The first-order valence-corrected chi connectivity index (χ1v) is 13.3. The molecule has 2 heterocycles. The number of likely N-dealkylation sites (tertiary alicyclic amines) is 1. The highest BCUT2D eigenvalue weighted by Gasteiger charge is 2.29. The van der Waals surface area contributed by atoms with E-state index in [1.807, 2.05) is 67.6 Å². The Morgan fingerprint density at radius 3 is 2.43 bits per heavy atom. The second-order valence-corrected chi connectivity index (χ2v) is 9.86. The highest BCUT2D eigenvalue weighted by atomic mass is 32.1. The number of carbonyl (C=O) groups is 1. The highest BCUT2D eigenvalue weighted by molar-refractivity contribution is 7.19. The van der Waals surface area contributed by atoms with Crippen LogP contribution < -0.4 is 0 Å². The van der Waals surface area contributed by atoms with Crippen LogP contribution in [0.3, 0.4) is 0 Å². The number of carbonyl (C=O) groups excluding carboxylic acids is 1. The van der Waals surface area contributed by atoms with Gasteiger partial charge in [0.25, 0.3) is 0 Å². The number of rotatable bonds is 6. The molecule has 0 N–H and O–H groups in total. The fourth-order valence-corrected chi connectivity index (χ4v) is 5.48. The van der Waals surface area contributed by atoms with Crippen molar-refractivity contribution < 1.29 is 13.9 Å². The Hall–Kier alpha value is -3.84. The van der Waals surface area contributed by atoms with Crippen LogP contribution in [0.1, 0.15) is 25.3 Å². The van der Waals surface area contributed by atoms with Crippen molar-refractivity contribution in [2.45, 2.75) is 19.8 Å². The molecule has 1 aliphatic heterocycles. The van der Waals surface area contributed by atoms with Gasteiger partial charge in [0, 0.05) is 29.8 Å². The van der Waals surface area contributed by atoms with Gasteiger partial charge in [-0.2, -0.15) is 0 Å². The molecule has 5 nitrogen and oxygen atoms in total. The molecule has 0 bridgehead atoms. The lowest BCUT2D eigenvalue weighted by Crippen LogP contribution is -2.43. The van der Waals surface area contributed by atoms with Crippen LogP contribution >= 0.6 is 11.3 Å². The van der Waals surface area contributed by atoms with Gasteiger partial charge in [-0.05, 0) is 44.0 Å². The van der Waals surface area contributed by atoms with E-state index >= 15 is 0 Å². The fourth-order valence-electron chi connectivity index (χ4n) is 4.51. The molecule has 1 fully saturated rings. The molecule has 1 aliphatic rings. The van der Waals surface area contributed by atoms with Crippen molar-refractivity contribution in [1.82, 2.24) is 9.88 Å². The molecule has 3 aromatic carbocycles. The van der Waals surface area contributed by atoms with Gasteiger partial charge in [0.1, 0.15) is 27.4 Å². The number of esters is 1. The smallest absolute Gasteiger partial charge is 0.310 e. The van der Waals surface area contributed by atoms with Gasteiger partial charge in [0.15, 0.2) is 0 Å². The number of nitrogens with zero attached hydrogens (tertiary/aromatic N) is 3. The van der Waals surface area contributed by atoms with Gasteiger partial charge >= 0.3 is 5.97 Å². The number of aliphatic imine (C=N–C) groups is 1. The number of benzene rings is 3. The minimum absolute atomic E-state index is 0.152. The van der Waals surface area contributed by atoms with E-state index in [4.69, 9.17) is 14.7 Å². The molecule has 5 rings (SSSR count). The SMILES string of the molecule is CCOC(=O)C1CCCN(/C(=N\c2sc(-c3ccc(F)cc3)nc2-c2ccccc2)c2ccccc2)C1. The first-order valence-electron chi connectivity index (χ1n) is 12.5. The minimum atomic E-state index is -0.283. The lowest BCUT2D eigenvalue weighted by Gasteiger charge is -2.34. The van der Waals surface area contributed by atoms with Crippen molar-refractivity contribution in [3.63, 3.8) is 0 Å². The molecule has 1 atom stereocenters. The third kappa shape index (κ3) is 5.78. The number of amidine groups is 1. The van der Waals surface area contributed by atoms with Gasteiger partial charge in [0.2, 0.25) is 0 Å². The van der Waals surface area contributed by atoms with Crippen molar-refractivity contribution in [3.8, 4) is 21.8 Å². The van der Waals surface area contributed by atoms with Crippen LogP contribution in [0.4, 0.5) is 9.39 Å². The number of halogens is 1. The Balaban J connectivity index is 1.60. The maximum absolute atomic E-state index is 13.6. The normalized spacial score (nSPS) is 16.0. The van der Waals surface area contributed by atoms with Gasteiger partial charge in [-0.1, -0.05) is 72.0 Å². The second kappa shape index (κ2) is 11.5. The van der Waals surface area contributed by atoms with Crippen LogP contribution in [0, 0.1) is 11.7 Å². The zero-order valence-electron chi connectivity index (χ0n) is 20.6. The maximum Gasteiger partial charge on any atom is 0.310 e. The summed E-state index contributed by atoms with van der Waals surface area (Å²) in [6.07, 6.45) is 1.69. The standard InChI is InChI=1S/C30H28FN3O2S/c1-2-36-30(35)24-14-9-19-34(20-24)27(22-12-7-4-8-13-22)33-29-26(21-10-5-3-6-11-21)32-28(37-29)23-15-17-25(31)18-16-23/h3-8,10-13,15-18,24H,2,9,14,19-20H2,1H3/b33-27-. The zero-order valence-corrected chi connectivity index (χ0v) is 21.5. The molecule has 0 saturated carbocycles. The maximum atomic E-state index is 13.6. The van der Waals surface area contributed by atoms with E-state index < -0.39 is 0 Å². The molecule has 4 aromatic rings. The molecule has 188 valence electrons. The molecule has 0 radical (unpaired) electrons. The molecule has 1 unspecified atom stereocenters. The van der Waals surface area contributed by atoms with Crippen LogP contribution in [0.15, 0.2) is 89.9 Å². The van der Waals surface area contributed by atoms with Gasteiger partial charge in [0.05, 0.1) is 12.5 Å². The molecule has 0 aliphatic carbocycles. The van der Waals surface area contributed by atoms with E-state index in [1.165, 1.54) is 23.5 Å². The highest BCUT2D eigenvalue weighted by Crippen LogP contribution is 2.40. The third-order valence-electron chi connectivity index (χ3n) is 6.33. The van der Waals surface area contributed by atoms with E-state index in [9.17, 15) is 9.18 Å². The summed E-state index contributed by atoms with van der Waals surface area (Å²) in [6.45, 7) is 3.57. The van der Waals surface area contributed by atoms with Gasteiger partial charge < -0.3 is 9.64 Å². The lowest BCUT2D eigenvalue weighted by molar-refractivity contribution is -0.149. The molecule has 1 saturated heterocycles. The number of piperidine rings is 1. The summed E-state index contributed by atoms with van der Waals surface area (Å²) >= 11 is 1.48. The first-order chi connectivity index (χ1) is 18.1. The Morgan fingerprint density at radius 2 is 1.73 bits per heavy atom. The summed E-state index contributed by atoms with van der Waals surface area (Å²) in [5, 5.41) is 1.54. The Morgan fingerprint density at radius 1 is 1.03 bits per heavy atom. The quantitative estimate of drug-likeness (QED) is 0.159. The van der Waals surface area contributed by atoms with E-state index in [1.54, 1.807) is 12.1 Å². The van der Waals surface area contributed by atoms with Crippen LogP contribution in [-0.4, -0.2) is 41.4 Å². The molecule has 1 aromatic heterocycles. The molecule has 37 heavy (non-hydrogen) atoms. The predicted octanol–water partition coefficient (Wildman–Crippen LogP) is 6.97. The molecular formula is C30H28FN3O2S. The summed E-state index contributed by atoms with van der Waals surface area (Å²) in [4.78, 5) is 24.9. The summed E-state index contributed by atoms with van der Waals surface area (Å²) in [5.41, 5.74) is 3.55. The van der Waals surface area contributed by atoms with Crippen molar-refractivity contribution in [2.24, 2.45) is 10.9 Å². The lowest BCUT2D eigenvalue weighted by atomic mass is 9.97. The van der Waals surface area contributed by atoms with Crippen molar-refractivity contribution in [2.75, 3.05) is 19.7 Å². The Labute approximate surface area is 220 Å². The number of thiazole rings is 1. The minimum Gasteiger partial charge on any atom is -0.466 e. The number of hydrogen-bond donors (Lipinski definition) is 0. The van der Waals surface area contributed by atoms with Crippen molar-refractivity contribution >= 4 is 28.1 Å². The molecular weight excluding hydrogens is 485 g/mol. The Bertz CT molecular complexity index is 1370. The largest absolute Gasteiger partial charge is 0.466 e. The predicted molar refractivity (Wildman–Crippen MR) is 147 cm³/mol. The fraction of sp³-hybridized carbons (Fsp3) is 0.233. The zero-order chi connectivity index (χ0) is 25.6. The van der Waals surface area contributed by atoms with E-state index in [-0.39, 0.29) is 17.7 Å². The summed E-state index contributed by atoms with van der Waals surface area (Å²) in [5.74, 6) is 0.184. The Kier molecular flexibility index (Phi) is 7.70. The van der Waals surface area contributed by atoms with Crippen LogP contribution in [0.5, 0.6) is 0 Å². The van der Waals surface area contributed by atoms with E-state index in [0.29, 0.717) is 13.2 Å². The second-order valence-electron chi connectivity index (χ2n) is 8.88. The summed E-state index contributed by atoms with van der Waals surface area (Å²) < 4.78 is 18.9. The average molecular weight is 514 g/mol. The third-order valence-corrected chi connectivity index (χ3v) is 7.33. The number of hydrogen-bond acceptors (Lipinski definition) is 5. The molecule has 0 spiro atoms. The van der Waals surface area contributed by atoms with Gasteiger partial charge in [-0.3, -0.25) is 4.79 Å². The summed E-state index contributed by atoms with van der Waals surface area (Å²) in [7, 11) is 0. The van der Waals surface area contributed by atoms with Crippen molar-refractivity contribution in [1.29, 1.82) is 0 Å². The van der Waals surface area contributed by atoms with E-state index in [2.05, 4.69) is 4.90 Å². The number of ether oxygens (including phenoxy) is 1. The monoisotopic (exact) mass is 513 g/mol. The van der Waals surface area contributed by atoms with Crippen LogP contribution in [0.25, 0.3) is 21.8 Å². The van der Waals surface area contributed by atoms with E-state index in [0.717, 1.165) is 57.6 Å². The average Bonchev–Trinajstić information content (AvgIpc) is 3.37. The number of aromatic nitrogens is 1. The molecule has 7 heteroatoms. The van der Waals surface area contributed by atoms with Crippen LogP contribution in [0.2, 0.25) is 0 Å². The van der Waals surface area contributed by atoms with Crippen molar-refractivity contribution in [3.05, 3.63) is 96.3 Å².